The Hall–Kier alpha value is -2.25. The highest BCUT2D eigenvalue weighted by atomic mass is 32.2. The molecule has 0 saturated carbocycles. The Bertz CT molecular complexity index is 802. The lowest BCUT2D eigenvalue weighted by Gasteiger charge is -2.08. The van der Waals surface area contributed by atoms with Gasteiger partial charge in [-0.2, -0.15) is 8.42 Å². The van der Waals surface area contributed by atoms with E-state index in [-0.39, 0.29) is 10.5 Å². The monoisotopic (exact) mass is 379 g/mol. The van der Waals surface area contributed by atoms with Gasteiger partial charge in [0.15, 0.2) is 0 Å². The minimum absolute atomic E-state index is 0.0397. The Balaban J connectivity index is 0.000000342. The van der Waals surface area contributed by atoms with Crippen molar-refractivity contribution in [3.8, 4) is 0 Å². The minimum Gasteiger partial charge on any atom is -0.338 e. The van der Waals surface area contributed by atoms with Gasteiger partial charge in [0.25, 0.3) is 0 Å². The molecule has 7 heteroatoms. The first-order valence-corrected chi connectivity index (χ1v) is 9.81. The van der Waals surface area contributed by atoms with Crippen molar-refractivity contribution in [3.05, 3.63) is 65.5 Å². The molecule has 2 aromatic carbocycles. The van der Waals surface area contributed by atoms with Gasteiger partial charge >= 0.3 is 16.1 Å². The molecule has 1 aliphatic heterocycles. The second kappa shape index (κ2) is 9.45. The van der Waals surface area contributed by atoms with Crippen molar-refractivity contribution >= 4 is 16.1 Å². The molecule has 2 aromatic rings. The van der Waals surface area contributed by atoms with Crippen LogP contribution in [0.15, 0.2) is 53.4 Å². The first kappa shape index (κ1) is 20.1. The van der Waals surface area contributed by atoms with Gasteiger partial charge in [0.05, 0.1) is 5.56 Å². The molecule has 0 aromatic heterocycles. The van der Waals surface area contributed by atoms with E-state index >= 15 is 0 Å². The van der Waals surface area contributed by atoms with E-state index in [1.807, 2.05) is 0 Å². The molecule has 1 heterocycles. The molecule has 0 atom stereocenters. The highest BCUT2D eigenvalue weighted by Crippen LogP contribution is 2.15. The lowest BCUT2D eigenvalue weighted by molar-refractivity contribution is 0.0746. The van der Waals surface area contributed by atoms with Crippen LogP contribution in [0.2, 0.25) is 0 Å². The van der Waals surface area contributed by atoms with Crippen molar-refractivity contribution in [1.29, 1.82) is 0 Å². The van der Waals surface area contributed by atoms with Crippen molar-refractivity contribution in [1.82, 2.24) is 5.32 Å². The molecule has 3 rings (SSSR count). The van der Waals surface area contributed by atoms with E-state index in [9.17, 15) is 17.6 Å². The van der Waals surface area contributed by atoms with Gasteiger partial charge in [0.2, 0.25) is 0 Å². The predicted octanol–water partition coefficient (Wildman–Crippen LogP) is 3.44. The number of benzene rings is 2. The molecule has 0 bridgehead atoms. The van der Waals surface area contributed by atoms with E-state index in [2.05, 4.69) is 9.50 Å². The highest BCUT2D eigenvalue weighted by Gasteiger charge is 2.21. The summed E-state index contributed by atoms with van der Waals surface area (Å²) in [5.74, 6) is -1.58. The van der Waals surface area contributed by atoms with E-state index in [0.717, 1.165) is 29.8 Å². The van der Waals surface area contributed by atoms with Crippen LogP contribution in [0.5, 0.6) is 0 Å². The summed E-state index contributed by atoms with van der Waals surface area (Å²) < 4.78 is 41.0. The number of hydrogen-bond donors (Lipinski definition) is 1. The van der Waals surface area contributed by atoms with E-state index in [0.29, 0.717) is 0 Å². The lowest BCUT2D eigenvalue weighted by atomic mass is 10.2. The second-order valence-corrected chi connectivity index (χ2v) is 7.50. The standard InChI is InChI=1S/C14H11FO4S.C5H11N/c1-10-2-8-13(9-3-10)20(17,18)19-14(16)11-4-6-12(15)7-5-11;1-2-4-6-5-3-1/h2-9H,1H3;6H,1-5H2. The van der Waals surface area contributed by atoms with Crippen LogP contribution < -0.4 is 5.32 Å². The fourth-order valence-corrected chi connectivity index (χ4v) is 3.15. The second-order valence-electron chi connectivity index (χ2n) is 5.96. The van der Waals surface area contributed by atoms with Crippen LogP contribution in [0, 0.1) is 12.7 Å². The molecule has 5 nitrogen and oxygen atoms in total. The topological polar surface area (TPSA) is 72.5 Å². The Morgan fingerprint density at radius 3 is 2.00 bits per heavy atom. The number of carbonyl (C=O) groups excluding carboxylic acids is 1. The lowest BCUT2D eigenvalue weighted by Crippen LogP contribution is -2.21. The van der Waals surface area contributed by atoms with Gasteiger partial charge in [-0.3, -0.25) is 0 Å². The van der Waals surface area contributed by atoms with Gasteiger partial charge in [-0.1, -0.05) is 24.1 Å². The smallest absolute Gasteiger partial charge is 0.338 e. The van der Waals surface area contributed by atoms with Crippen LogP contribution >= 0.6 is 0 Å². The number of aryl methyl sites for hydroxylation is 1. The van der Waals surface area contributed by atoms with Crippen LogP contribution in [0.3, 0.4) is 0 Å². The average Bonchev–Trinajstić information content (AvgIpc) is 2.64. The zero-order chi connectivity index (χ0) is 19.0. The minimum atomic E-state index is -4.18. The molecule has 1 fully saturated rings. The van der Waals surface area contributed by atoms with Gasteiger partial charge in [-0.15, -0.1) is 0 Å². The van der Waals surface area contributed by atoms with Gasteiger partial charge in [0, 0.05) is 0 Å². The maximum absolute atomic E-state index is 12.7. The molecule has 0 amide bonds. The van der Waals surface area contributed by atoms with Crippen LogP contribution in [0.1, 0.15) is 35.2 Å². The third-order valence-electron chi connectivity index (χ3n) is 3.78. The molecular formula is C19H22FNO4S. The number of carbonyl (C=O) groups is 1. The largest absolute Gasteiger partial charge is 0.354 e. The van der Waals surface area contributed by atoms with E-state index in [4.69, 9.17) is 0 Å². The predicted molar refractivity (Wildman–Crippen MR) is 96.9 cm³/mol. The van der Waals surface area contributed by atoms with E-state index < -0.39 is 21.9 Å². The highest BCUT2D eigenvalue weighted by molar-refractivity contribution is 7.87. The fourth-order valence-electron chi connectivity index (χ4n) is 2.29. The maximum atomic E-state index is 12.7. The summed E-state index contributed by atoms with van der Waals surface area (Å²) >= 11 is 0. The molecule has 1 N–H and O–H groups in total. The number of nitrogens with one attached hydrogen (secondary N) is 1. The van der Waals surface area contributed by atoms with Gasteiger partial charge in [-0.25, -0.2) is 9.18 Å². The Labute approximate surface area is 153 Å². The molecule has 140 valence electrons. The van der Waals surface area contributed by atoms with Crippen LogP contribution in [-0.4, -0.2) is 27.5 Å². The molecule has 0 radical (unpaired) electrons. The third kappa shape index (κ3) is 6.24. The normalized spacial score (nSPS) is 14.1. The van der Waals surface area contributed by atoms with Gasteiger partial charge in [0.1, 0.15) is 10.7 Å². The summed E-state index contributed by atoms with van der Waals surface area (Å²) in [5.41, 5.74) is 0.843. The Morgan fingerprint density at radius 2 is 1.54 bits per heavy atom. The summed E-state index contributed by atoms with van der Waals surface area (Å²) in [6.45, 7) is 4.31. The SMILES string of the molecule is C1CCNCC1.Cc1ccc(S(=O)(=O)OC(=O)c2ccc(F)cc2)cc1. The summed E-state index contributed by atoms with van der Waals surface area (Å²) in [5, 5.41) is 3.28. The maximum Gasteiger partial charge on any atom is 0.354 e. The van der Waals surface area contributed by atoms with Crippen molar-refractivity contribution < 1.29 is 21.8 Å². The first-order chi connectivity index (χ1) is 12.4. The summed E-state index contributed by atoms with van der Waals surface area (Å²) in [7, 11) is -4.18. The van der Waals surface area contributed by atoms with E-state index in [1.165, 1.54) is 44.5 Å². The molecule has 0 unspecified atom stereocenters. The first-order valence-electron chi connectivity index (χ1n) is 8.40. The average molecular weight is 379 g/mol. The zero-order valence-corrected chi connectivity index (χ0v) is 15.4. The number of hydrogen-bond acceptors (Lipinski definition) is 5. The third-order valence-corrected chi connectivity index (χ3v) is 5.00. The summed E-state index contributed by atoms with van der Waals surface area (Å²) in [6, 6.07) is 10.3. The zero-order valence-electron chi connectivity index (χ0n) is 14.6. The molecule has 26 heavy (non-hydrogen) atoms. The number of piperidine rings is 1. The summed E-state index contributed by atoms with van der Waals surface area (Å²) in [4.78, 5) is 11.6. The molecule has 0 aliphatic carbocycles. The summed E-state index contributed by atoms with van der Waals surface area (Å²) in [6.07, 6.45) is 4.22. The van der Waals surface area contributed by atoms with Gasteiger partial charge < -0.3 is 9.50 Å². The van der Waals surface area contributed by atoms with Gasteiger partial charge in [-0.05, 0) is 69.3 Å². The molecular weight excluding hydrogens is 357 g/mol. The van der Waals surface area contributed by atoms with Crippen molar-refractivity contribution in [2.75, 3.05) is 13.1 Å². The number of halogens is 1. The Kier molecular flexibility index (Phi) is 7.29. The van der Waals surface area contributed by atoms with Crippen LogP contribution in [0.4, 0.5) is 4.39 Å². The number of rotatable bonds is 3. The Morgan fingerprint density at radius 1 is 0.962 bits per heavy atom. The molecule has 1 aliphatic rings. The van der Waals surface area contributed by atoms with Crippen molar-refractivity contribution in [2.45, 2.75) is 31.1 Å². The van der Waals surface area contributed by atoms with Crippen molar-refractivity contribution in [2.24, 2.45) is 0 Å². The van der Waals surface area contributed by atoms with Crippen molar-refractivity contribution in [3.63, 3.8) is 0 Å². The van der Waals surface area contributed by atoms with Crippen LogP contribution in [-0.2, 0) is 14.3 Å². The molecule has 0 spiro atoms. The van der Waals surface area contributed by atoms with E-state index in [1.54, 1.807) is 19.1 Å². The quantitative estimate of drug-likeness (QED) is 0.827. The van der Waals surface area contributed by atoms with Crippen LogP contribution in [0.25, 0.3) is 0 Å². The molecule has 1 saturated heterocycles. The fraction of sp³-hybridized carbons (Fsp3) is 0.316.